The molecule has 0 aliphatic heterocycles. The second kappa shape index (κ2) is 26.3. The van der Waals surface area contributed by atoms with Crippen molar-refractivity contribution >= 4 is 120 Å². The Bertz CT molecular complexity index is 7510. The number of furan rings is 2. The van der Waals surface area contributed by atoms with E-state index in [-0.39, 0.29) is 0 Å². The maximum Gasteiger partial charge on any atom is 0.164 e. The van der Waals surface area contributed by atoms with Gasteiger partial charge >= 0.3 is 0 Å². The lowest BCUT2D eigenvalue weighted by molar-refractivity contribution is 0.668. The van der Waals surface area contributed by atoms with Crippen molar-refractivity contribution in [3.05, 3.63) is 376 Å². The average molecular weight is 1430 g/mol. The molecule has 10 nitrogen and oxygen atoms in total. The van der Waals surface area contributed by atoms with E-state index >= 15 is 0 Å². The topological polar surface area (TPSA) is 113 Å². The predicted octanol–water partition coefficient (Wildman–Crippen LogP) is 26.5. The molecule has 0 fully saturated rings. The number of para-hydroxylation sites is 3. The third kappa shape index (κ3) is 10.9. The van der Waals surface area contributed by atoms with Crippen molar-refractivity contribution in [2.24, 2.45) is 0 Å². The first-order valence-corrected chi connectivity index (χ1v) is 37.6. The molecule has 0 amide bonds. The molecule has 522 valence electrons. The highest BCUT2D eigenvalue weighted by molar-refractivity contribution is 6.24. The van der Waals surface area contributed by atoms with E-state index in [1.807, 2.05) is 121 Å². The highest BCUT2D eigenvalue weighted by atomic mass is 16.3. The Morgan fingerprint density at radius 2 is 0.500 bits per heavy atom. The fourth-order valence-corrected chi connectivity index (χ4v) is 16.6. The van der Waals surface area contributed by atoms with E-state index in [1.54, 1.807) is 0 Å². The monoisotopic (exact) mass is 1430 g/mol. The fraction of sp³-hybridized carbons (Fsp3) is 0. The summed E-state index contributed by atoms with van der Waals surface area (Å²) >= 11 is 0. The summed E-state index contributed by atoms with van der Waals surface area (Å²) in [5.74, 6) is 3.81. The molecule has 0 N–H and O–H groups in total. The van der Waals surface area contributed by atoms with Gasteiger partial charge in [-0.25, -0.2) is 29.9 Å². The highest BCUT2D eigenvalue weighted by Crippen LogP contribution is 2.46. The van der Waals surface area contributed by atoms with Crippen molar-refractivity contribution in [3.63, 3.8) is 0 Å². The van der Waals surface area contributed by atoms with Crippen LogP contribution in [0.1, 0.15) is 0 Å². The zero-order valence-electron chi connectivity index (χ0n) is 60.2. The van der Waals surface area contributed by atoms with Crippen LogP contribution < -0.4 is 0 Å². The molecule has 6 heterocycles. The van der Waals surface area contributed by atoms with Gasteiger partial charge in [-0.05, 0) is 127 Å². The van der Waals surface area contributed by atoms with Gasteiger partial charge in [0.2, 0.25) is 0 Å². The van der Waals surface area contributed by atoms with Crippen LogP contribution in [0.25, 0.3) is 222 Å². The van der Waals surface area contributed by atoms with Gasteiger partial charge in [0, 0.05) is 100.0 Å². The lowest BCUT2D eigenvalue weighted by Crippen LogP contribution is -2.00. The molecule has 0 bridgehead atoms. The van der Waals surface area contributed by atoms with E-state index in [4.69, 9.17) is 38.7 Å². The molecule has 0 unspecified atom stereocenters. The number of benzene rings is 17. The Morgan fingerprint density at radius 3 is 0.946 bits per heavy atom. The number of nitrogens with zero attached hydrogens (tertiary/aromatic N) is 8. The lowest BCUT2D eigenvalue weighted by Gasteiger charge is -2.11. The average Bonchev–Trinajstić information content (AvgIpc) is 1.57. The quantitative estimate of drug-likeness (QED) is 0.133. The highest BCUT2D eigenvalue weighted by Gasteiger charge is 2.23. The van der Waals surface area contributed by atoms with Gasteiger partial charge in [0.05, 0.1) is 22.1 Å². The Balaban J connectivity index is 0.000000138. The van der Waals surface area contributed by atoms with Gasteiger partial charge in [0.15, 0.2) is 34.9 Å². The van der Waals surface area contributed by atoms with E-state index in [1.165, 1.54) is 59.8 Å². The summed E-state index contributed by atoms with van der Waals surface area (Å²) in [6.45, 7) is 0. The second-order valence-electron chi connectivity index (χ2n) is 28.4. The molecule has 6 aromatic heterocycles. The third-order valence-electron chi connectivity index (χ3n) is 21.8. The van der Waals surface area contributed by atoms with Crippen molar-refractivity contribution in [3.8, 4) is 102 Å². The molecule has 0 radical (unpaired) electrons. The first-order valence-electron chi connectivity index (χ1n) is 37.6. The van der Waals surface area contributed by atoms with Crippen LogP contribution in [0.5, 0.6) is 0 Å². The van der Waals surface area contributed by atoms with Gasteiger partial charge in [-0.1, -0.05) is 291 Å². The number of aromatic nitrogens is 8. The maximum absolute atomic E-state index is 6.82. The summed E-state index contributed by atoms with van der Waals surface area (Å²) in [6, 6.07) is 131. The van der Waals surface area contributed by atoms with Crippen LogP contribution in [-0.2, 0) is 0 Å². The normalized spacial score (nSPS) is 11.8. The number of rotatable bonds is 10. The molecule has 23 rings (SSSR count). The minimum absolute atomic E-state index is 0.622. The van der Waals surface area contributed by atoms with Crippen molar-refractivity contribution < 1.29 is 8.83 Å². The summed E-state index contributed by atoms with van der Waals surface area (Å²) in [7, 11) is 0. The molecule has 23 aromatic rings. The van der Waals surface area contributed by atoms with Crippen LogP contribution in [0.2, 0.25) is 0 Å². The molecule has 0 saturated carbocycles. The predicted molar refractivity (Wildman–Crippen MR) is 459 cm³/mol. The minimum atomic E-state index is 0.622. The Kier molecular flexibility index (Phi) is 15.0. The molecule has 0 atom stereocenters. The first kappa shape index (κ1) is 64.0. The summed E-state index contributed by atoms with van der Waals surface area (Å²) in [6.07, 6.45) is 0. The van der Waals surface area contributed by atoms with Crippen molar-refractivity contribution in [1.82, 2.24) is 39.0 Å². The smallest absolute Gasteiger partial charge is 0.164 e. The Labute approximate surface area is 641 Å². The third-order valence-corrected chi connectivity index (χ3v) is 21.8. The van der Waals surface area contributed by atoms with Crippen LogP contribution >= 0.6 is 0 Å². The van der Waals surface area contributed by atoms with Crippen molar-refractivity contribution in [1.29, 1.82) is 0 Å². The zero-order chi connectivity index (χ0) is 73.7. The Hall–Kier alpha value is -15.3. The van der Waals surface area contributed by atoms with Crippen LogP contribution in [0, 0.1) is 0 Å². The largest absolute Gasteiger partial charge is 0.456 e. The molecule has 112 heavy (non-hydrogen) atoms. The van der Waals surface area contributed by atoms with Crippen LogP contribution in [0.4, 0.5) is 0 Å². The second-order valence-corrected chi connectivity index (χ2v) is 28.4. The molecule has 10 heteroatoms. The number of fused-ring (bicyclic) bond motifs is 17. The van der Waals surface area contributed by atoms with Crippen molar-refractivity contribution in [2.45, 2.75) is 0 Å². The van der Waals surface area contributed by atoms with Crippen LogP contribution in [-0.4, -0.2) is 39.0 Å². The SMILES string of the molecule is c1ccc(-c2nc(-c3ccccc3)nc(-c3ccc(-c4cc5oc6cc(-n7c8ccccc8c8cc9ccccc9cc87)ccc6c5c5ccccc45)cc3)n2)cc1.c1ccc(-c2nc(-c3ccccc3)nc(-c3cccc(-c4cc5oc6cc(-n7c8ccccc8c8ccccc87)ccc6c5c5ccccc45)c3)n2)cc1. The standard InChI is InChI=1S/C53H32N4O.C49H30N4O/c1-3-13-34(14-4-1)51-54-52(35-15-5-2-6-16-35)56-53(55-51)36-25-23-33(24-26-36)44-32-49-50(42-21-10-9-19-40(42)44)43-28-27-39(31-48(43)58-49)57-46-22-12-11-20-41(46)45-29-37-17-7-8-18-38(37)30-47(45)57;1-3-14-31(15-4-1)47-50-48(32-16-5-2-6-17-32)52-49(51-47)34-19-13-18-33(28-34)41-30-45-46(39-23-8-7-20-36(39)41)40-27-26-35(29-44(40)54-45)53-42-24-11-9-21-37(42)38-22-10-12-25-43(38)53/h1-32H;1-30H. The summed E-state index contributed by atoms with van der Waals surface area (Å²) in [5.41, 5.74) is 20.2. The molecule has 0 aliphatic rings. The van der Waals surface area contributed by atoms with Crippen LogP contribution in [0.3, 0.4) is 0 Å². The van der Waals surface area contributed by atoms with E-state index in [0.29, 0.717) is 34.9 Å². The van der Waals surface area contributed by atoms with E-state index in [2.05, 4.69) is 264 Å². The molecule has 0 aliphatic carbocycles. The van der Waals surface area contributed by atoms with Crippen molar-refractivity contribution in [2.75, 3.05) is 0 Å². The van der Waals surface area contributed by atoms with Crippen LogP contribution in [0.15, 0.2) is 385 Å². The first-order chi connectivity index (χ1) is 55.5. The summed E-state index contributed by atoms with van der Waals surface area (Å²) in [5, 5.41) is 16.5. The fourth-order valence-electron chi connectivity index (χ4n) is 16.6. The molecule has 0 spiro atoms. The lowest BCUT2D eigenvalue weighted by atomic mass is 9.94. The van der Waals surface area contributed by atoms with Gasteiger partial charge in [0.1, 0.15) is 22.3 Å². The zero-order valence-corrected chi connectivity index (χ0v) is 60.2. The van der Waals surface area contributed by atoms with Gasteiger partial charge in [0.25, 0.3) is 0 Å². The van der Waals surface area contributed by atoms with Gasteiger partial charge in [-0.15, -0.1) is 0 Å². The molecular formula is C102H62N8O2. The maximum atomic E-state index is 6.82. The minimum Gasteiger partial charge on any atom is -0.456 e. The summed E-state index contributed by atoms with van der Waals surface area (Å²) in [4.78, 5) is 29.7. The van der Waals surface area contributed by atoms with Gasteiger partial charge in [-0.3, -0.25) is 0 Å². The number of hydrogen-bond acceptors (Lipinski definition) is 8. The Morgan fingerprint density at radius 1 is 0.179 bits per heavy atom. The molecule has 0 saturated heterocycles. The van der Waals surface area contributed by atoms with E-state index < -0.39 is 0 Å². The van der Waals surface area contributed by atoms with E-state index in [9.17, 15) is 0 Å². The number of hydrogen-bond donors (Lipinski definition) is 0. The molecular weight excluding hydrogens is 1370 g/mol. The molecule has 17 aromatic carbocycles. The van der Waals surface area contributed by atoms with Gasteiger partial charge < -0.3 is 18.0 Å². The summed E-state index contributed by atoms with van der Waals surface area (Å²) < 4.78 is 18.3. The van der Waals surface area contributed by atoms with Gasteiger partial charge in [-0.2, -0.15) is 0 Å². The van der Waals surface area contributed by atoms with E-state index in [0.717, 1.165) is 127 Å².